The van der Waals surface area contributed by atoms with Gasteiger partial charge in [-0.25, -0.2) is 0 Å². The van der Waals surface area contributed by atoms with Gasteiger partial charge in [0.15, 0.2) is 0 Å². The van der Waals surface area contributed by atoms with Gasteiger partial charge in [0.25, 0.3) is 5.56 Å². The first-order valence-electron chi connectivity index (χ1n) is 7.17. The number of hydrogen-bond acceptors (Lipinski definition) is 3. The summed E-state index contributed by atoms with van der Waals surface area (Å²) in [5, 5.41) is 8.80. The van der Waals surface area contributed by atoms with Gasteiger partial charge in [-0.2, -0.15) is 0 Å². The molecule has 0 spiro atoms. The monoisotopic (exact) mass is 278 g/mol. The van der Waals surface area contributed by atoms with Gasteiger partial charge in [-0.3, -0.25) is 9.59 Å². The zero-order chi connectivity index (χ0) is 14.7. The molecule has 2 rings (SSSR count). The lowest BCUT2D eigenvalue weighted by molar-refractivity contribution is -0.136. The molecule has 1 aliphatic heterocycles. The van der Waals surface area contributed by atoms with E-state index in [0.717, 1.165) is 31.6 Å². The molecule has 0 unspecified atom stereocenters. The van der Waals surface area contributed by atoms with E-state index in [1.807, 2.05) is 10.6 Å². The van der Waals surface area contributed by atoms with Gasteiger partial charge in [0.1, 0.15) is 0 Å². The number of aliphatic carboxylic acids is 1. The van der Waals surface area contributed by atoms with Crippen LogP contribution >= 0.6 is 0 Å². The third-order valence-electron chi connectivity index (χ3n) is 3.79. The maximum absolute atomic E-state index is 12.5. The van der Waals surface area contributed by atoms with Crippen molar-refractivity contribution in [1.82, 2.24) is 9.47 Å². The Morgan fingerprint density at radius 1 is 1.45 bits per heavy atom. The highest BCUT2D eigenvalue weighted by Gasteiger charge is 2.19. The van der Waals surface area contributed by atoms with Crippen LogP contribution in [0.4, 0.5) is 0 Å². The van der Waals surface area contributed by atoms with Gasteiger partial charge in [-0.05, 0) is 31.5 Å². The third kappa shape index (κ3) is 3.10. The standard InChI is InChI=1S/C15H22N2O3/c1-3-7-17-13-6-8-16(2)10-12(13)9-11(15(17)20)4-5-14(18)19/h9H,3-8,10H2,1-2H3,(H,18,19). The molecule has 20 heavy (non-hydrogen) atoms. The number of aromatic nitrogens is 1. The molecule has 2 heterocycles. The molecule has 1 aromatic rings. The molecule has 0 fully saturated rings. The molecule has 5 nitrogen and oxygen atoms in total. The second kappa shape index (κ2) is 6.22. The summed E-state index contributed by atoms with van der Waals surface area (Å²) in [7, 11) is 2.06. The minimum atomic E-state index is -0.860. The Labute approximate surface area is 118 Å². The minimum absolute atomic E-state index is 0.00333. The number of carboxylic acids is 1. The SMILES string of the molecule is CCCn1c2c(cc(CCC(=O)O)c1=O)CN(C)CC2. The Morgan fingerprint density at radius 2 is 2.20 bits per heavy atom. The van der Waals surface area contributed by atoms with Gasteiger partial charge in [-0.15, -0.1) is 0 Å². The summed E-state index contributed by atoms with van der Waals surface area (Å²) in [6.07, 6.45) is 2.12. The lowest BCUT2D eigenvalue weighted by Crippen LogP contribution is -2.35. The molecule has 0 amide bonds. The summed E-state index contributed by atoms with van der Waals surface area (Å²) in [6.45, 7) is 4.56. The van der Waals surface area contributed by atoms with Crippen molar-refractivity contribution in [3.63, 3.8) is 0 Å². The highest BCUT2D eigenvalue weighted by Crippen LogP contribution is 2.18. The second-order valence-electron chi connectivity index (χ2n) is 5.48. The number of nitrogens with zero attached hydrogens (tertiary/aromatic N) is 2. The Morgan fingerprint density at radius 3 is 2.85 bits per heavy atom. The van der Waals surface area contributed by atoms with Crippen LogP contribution in [0.25, 0.3) is 0 Å². The normalized spacial score (nSPS) is 15.1. The fourth-order valence-electron chi connectivity index (χ4n) is 2.80. The number of likely N-dealkylation sites (N-methyl/N-ethyl adjacent to an activating group) is 1. The van der Waals surface area contributed by atoms with Gasteiger partial charge in [0.05, 0.1) is 0 Å². The van der Waals surface area contributed by atoms with Crippen molar-refractivity contribution in [2.24, 2.45) is 0 Å². The fraction of sp³-hybridized carbons (Fsp3) is 0.600. The van der Waals surface area contributed by atoms with Crippen molar-refractivity contribution in [2.75, 3.05) is 13.6 Å². The van der Waals surface area contributed by atoms with Crippen LogP contribution in [0.5, 0.6) is 0 Å². The Bertz CT molecular complexity index is 563. The number of rotatable bonds is 5. The Kier molecular flexibility index (Phi) is 4.60. The molecule has 0 radical (unpaired) electrons. The van der Waals surface area contributed by atoms with Crippen LogP contribution in [0, 0.1) is 0 Å². The van der Waals surface area contributed by atoms with E-state index in [9.17, 15) is 9.59 Å². The summed E-state index contributed by atoms with van der Waals surface area (Å²) < 4.78 is 1.86. The molecule has 0 aliphatic carbocycles. The van der Waals surface area contributed by atoms with Crippen LogP contribution in [0.1, 0.15) is 36.6 Å². The van der Waals surface area contributed by atoms with Crippen molar-refractivity contribution >= 4 is 5.97 Å². The van der Waals surface area contributed by atoms with Crippen LogP contribution in [-0.2, 0) is 30.7 Å². The number of hydrogen-bond donors (Lipinski definition) is 1. The molecule has 1 N–H and O–H groups in total. The van der Waals surface area contributed by atoms with E-state index >= 15 is 0 Å². The molecule has 110 valence electrons. The first kappa shape index (κ1) is 14.8. The number of carbonyl (C=O) groups is 1. The van der Waals surface area contributed by atoms with Gasteiger partial charge in [-0.1, -0.05) is 6.92 Å². The zero-order valence-electron chi connectivity index (χ0n) is 12.2. The third-order valence-corrected chi connectivity index (χ3v) is 3.79. The molecular formula is C15H22N2O3. The first-order valence-corrected chi connectivity index (χ1v) is 7.17. The van der Waals surface area contributed by atoms with E-state index in [2.05, 4.69) is 18.9 Å². The predicted octanol–water partition coefficient (Wildman–Crippen LogP) is 1.26. The maximum atomic E-state index is 12.5. The minimum Gasteiger partial charge on any atom is -0.481 e. The first-order chi connectivity index (χ1) is 9.52. The summed E-state index contributed by atoms with van der Waals surface area (Å²) >= 11 is 0. The Hall–Kier alpha value is -1.62. The molecule has 5 heteroatoms. The number of carboxylic acid groups (broad SMARTS) is 1. The predicted molar refractivity (Wildman–Crippen MR) is 77.0 cm³/mol. The number of pyridine rings is 1. The molecule has 1 aromatic heterocycles. The van der Waals surface area contributed by atoms with Crippen molar-refractivity contribution in [1.29, 1.82) is 0 Å². The summed E-state index contributed by atoms with van der Waals surface area (Å²) in [5.74, 6) is -0.860. The van der Waals surface area contributed by atoms with Gasteiger partial charge in [0, 0.05) is 43.7 Å². The van der Waals surface area contributed by atoms with E-state index in [-0.39, 0.29) is 12.0 Å². The van der Waals surface area contributed by atoms with Crippen molar-refractivity contribution in [3.8, 4) is 0 Å². The summed E-state index contributed by atoms with van der Waals surface area (Å²) in [5.41, 5.74) is 2.94. The summed E-state index contributed by atoms with van der Waals surface area (Å²) in [6, 6.07) is 1.92. The van der Waals surface area contributed by atoms with Crippen LogP contribution < -0.4 is 5.56 Å². The molecule has 0 saturated carbocycles. The highest BCUT2D eigenvalue weighted by molar-refractivity contribution is 5.67. The van der Waals surface area contributed by atoms with E-state index in [4.69, 9.17) is 5.11 Å². The largest absolute Gasteiger partial charge is 0.481 e. The van der Waals surface area contributed by atoms with E-state index in [0.29, 0.717) is 18.5 Å². The smallest absolute Gasteiger partial charge is 0.303 e. The number of aryl methyl sites for hydroxylation is 1. The van der Waals surface area contributed by atoms with Crippen LogP contribution in [0.15, 0.2) is 10.9 Å². The molecule has 0 saturated heterocycles. The van der Waals surface area contributed by atoms with E-state index < -0.39 is 5.97 Å². The Balaban J connectivity index is 2.43. The zero-order valence-corrected chi connectivity index (χ0v) is 12.2. The quantitative estimate of drug-likeness (QED) is 0.881. The second-order valence-corrected chi connectivity index (χ2v) is 5.48. The number of fused-ring (bicyclic) bond motifs is 1. The van der Waals surface area contributed by atoms with Crippen molar-refractivity contribution < 1.29 is 9.90 Å². The fourth-order valence-corrected chi connectivity index (χ4v) is 2.80. The highest BCUT2D eigenvalue weighted by atomic mass is 16.4. The van der Waals surface area contributed by atoms with Crippen molar-refractivity contribution in [3.05, 3.63) is 33.2 Å². The molecule has 0 bridgehead atoms. The van der Waals surface area contributed by atoms with Crippen LogP contribution in [0.2, 0.25) is 0 Å². The van der Waals surface area contributed by atoms with Crippen LogP contribution in [0.3, 0.4) is 0 Å². The molecule has 1 aliphatic rings. The van der Waals surface area contributed by atoms with Crippen molar-refractivity contribution in [2.45, 2.75) is 45.7 Å². The average molecular weight is 278 g/mol. The average Bonchev–Trinajstić information content (AvgIpc) is 2.40. The van der Waals surface area contributed by atoms with Gasteiger partial charge in [0.2, 0.25) is 0 Å². The lowest BCUT2D eigenvalue weighted by atomic mass is 10.0. The van der Waals surface area contributed by atoms with E-state index in [1.165, 1.54) is 5.56 Å². The maximum Gasteiger partial charge on any atom is 0.303 e. The van der Waals surface area contributed by atoms with Gasteiger partial charge >= 0.3 is 5.97 Å². The summed E-state index contributed by atoms with van der Waals surface area (Å²) in [4.78, 5) is 25.4. The van der Waals surface area contributed by atoms with Gasteiger partial charge < -0.3 is 14.6 Å². The lowest BCUT2D eigenvalue weighted by Gasteiger charge is -2.28. The van der Waals surface area contributed by atoms with Crippen LogP contribution in [-0.4, -0.2) is 34.1 Å². The van der Waals surface area contributed by atoms with E-state index in [1.54, 1.807) is 0 Å². The molecular weight excluding hydrogens is 256 g/mol. The molecule has 0 aromatic carbocycles. The topological polar surface area (TPSA) is 62.5 Å². The molecule has 0 atom stereocenters.